The molecule has 2 aromatic rings. The van der Waals surface area contributed by atoms with E-state index in [9.17, 15) is 14.4 Å². The topological polar surface area (TPSA) is 110 Å². The van der Waals surface area contributed by atoms with Gasteiger partial charge in [-0.2, -0.15) is 0 Å². The lowest BCUT2D eigenvalue weighted by Crippen LogP contribution is -2.39. The second-order valence-corrected chi connectivity index (χ2v) is 6.55. The average molecular weight is 374 g/mol. The number of H-pyrrole nitrogens is 1. The Hall–Kier alpha value is -3.03. The number of nitrogen functional groups attached to an aromatic ring is 1. The molecule has 1 amide bonds. The van der Waals surface area contributed by atoms with E-state index in [4.69, 9.17) is 10.5 Å². The summed E-state index contributed by atoms with van der Waals surface area (Å²) in [6.07, 6.45) is 1.61. The predicted octanol–water partition coefficient (Wildman–Crippen LogP) is 1.98. The Balaban J connectivity index is 2.36. The van der Waals surface area contributed by atoms with Gasteiger partial charge in [0, 0.05) is 19.2 Å². The molecule has 0 spiro atoms. The summed E-state index contributed by atoms with van der Waals surface area (Å²) in [5, 5.41) is 0. The summed E-state index contributed by atoms with van der Waals surface area (Å²) in [5.74, 6) is 0.214. The van der Waals surface area contributed by atoms with Gasteiger partial charge in [0.2, 0.25) is 0 Å². The molecule has 0 fully saturated rings. The van der Waals surface area contributed by atoms with Crippen molar-refractivity contribution in [1.29, 1.82) is 0 Å². The van der Waals surface area contributed by atoms with Crippen molar-refractivity contribution in [3.05, 3.63) is 50.7 Å². The molecule has 8 nitrogen and oxygen atoms in total. The Morgan fingerprint density at radius 1 is 1.26 bits per heavy atom. The number of aromatic nitrogens is 2. The van der Waals surface area contributed by atoms with Gasteiger partial charge in [-0.25, -0.2) is 4.79 Å². The van der Waals surface area contributed by atoms with E-state index in [0.717, 1.165) is 17.7 Å². The normalized spacial score (nSPS) is 10.9. The summed E-state index contributed by atoms with van der Waals surface area (Å²) in [5.41, 5.74) is 5.11. The molecule has 0 aliphatic rings. The Bertz CT molecular complexity index is 913. The molecule has 3 N–H and O–H groups in total. The van der Waals surface area contributed by atoms with Crippen LogP contribution < -0.4 is 26.6 Å². The third kappa shape index (κ3) is 4.58. The highest BCUT2D eigenvalue weighted by molar-refractivity contribution is 6.06. The van der Waals surface area contributed by atoms with Crippen molar-refractivity contribution in [1.82, 2.24) is 9.55 Å². The fourth-order valence-corrected chi connectivity index (χ4v) is 2.68. The van der Waals surface area contributed by atoms with Crippen molar-refractivity contribution >= 4 is 17.4 Å². The number of rotatable bonds is 7. The summed E-state index contributed by atoms with van der Waals surface area (Å²) >= 11 is 0. The number of nitrogens with one attached hydrogen (secondary N) is 1. The lowest BCUT2D eigenvalue weighted by atomic mass is 10.2. The molecule has 1 aromatic heterocycles. The monoisotopic (exact) mass is 374 g/mol. The molecule has 0 saturated heterocycles. The first kappa shape index (κ1) is 20.3. The van der Waals surface area contributed by atoms with Crippen molar-refractivity contribution in [2.24, 2.45) is 0 Å². The van der Waals surface area contributed by atoms with Gasteiger partial charge in [-0.3, -0.25) is 19.1 Å². The van der Waals surface area contributed by atoms with Crippen LogP contribution in [0.15, 0.2) is 33.9 Å². The predicted molar refractivity (Wildman–Crippen MR) is 106 cm³/mol. The first-order chi connectivity index (χ1) is 12.8. The molecular formula is C19H26N4O4. The third-order valence-electron chi connectivity index (χ3n) is 4.06. The quantitative estimate of drug-likeness (QED) is 0.770. The van der Waals surface area contributed by atoms with Gasteiger partial charge in [0.15, 0.2) is 5.69 Å². The van der Waals surface area contributed by atoms with Gasteiger partial charge in [-0.05, 0) is 44.5 Å². The molecule has 0 radical (unpaired) electrons. The average Bonchev–Trinajstić information content (AvgIpc) is 2.60. The molecule has 0 atom stereocenters. The first-order valence-corrected chi connectivity index (χ1v) is 8.93. The third-order valence-corrected chi connectivity index (χ3v) is 4.06. The maximum atomic E-state index is 12.8. The molecule has 0 unspecified atom stereocenters. The maximum Gasteiger partial charge on any atom is 0.330 e. The van der Waals surface area contributed by atoms with Crippen molar-refractivity contribution in [2.45, 2.75) is 46.3 Å². The molecule has 146 valence electrons. The second kappa shape index (κ2) is 8.57. The Morgan fingerprint density at radius 2 is 1.89 bits per heavy atom. The van der Waals surface area contributed by atoms with Gasteiger partial charge in [-0.1, -0.05) is 13.3 Å². The van der Waals surface area contributed by atoms with Gasteiger partial charge >= 0.3 is 5.69 Å². The minimum absolute atomic E-state index is 0.0205. The molecule has 27 heavy (non-hydrogen) atoms. The highest BCUT2D eigenvalue weighted by Crippen LogP contribution is 2.20. The van der Waals surface area contributed by atoms with E-state index >= 15 is 0 Å². The molecule has 2 rings (SSSR count). The molecule has 0 aliphatic heterocycles. The standard InChI is InChI=1S/C19H26N4O4/c1-5-6-11-23-16(20)15(17(24)21-19(23)26)22(4)18(25)13-7-9-14(10-8-13)27-12(2)3/h7-10,12H,5-6,11,20H2,1-4H3,(H,21,24,26). The first-order valence-electron chi connectivity index (χ1n) is 8.93. The molecule has 8 heteroatoms. The smallest absolute Gasteiger partial charge is 0.330 e. The van der Waals surface area contributed by atoms with Crippen LogP contribution in [0.25, 0.3) is 0 Å². The van der Waals surface area contributed by atoms with E-state index in [0.29, 0.717) is 17.9 Å². The Morgan fingerprint density at radius 3 is 2.44 bits per heavy atom. The number of nitrogens with two attached hydrogens (primary N) is 1. The SMILES string of the molecule is CCCCn1c(N)c(N(C)C(=O)c2ccc(OC(C)C)cc2)c(=O)[nH]c1=O. The number of amides is 1. The Labute approximate surface area is 157 Å². The number of hydrogen-bond acceptors (Lipinski definition) is 5. The number of carbonyl (C=O) groups is 1. The van der Waals surface area contributed by atoms with Gasteiger partial charge in [0.25, 0.3) is 11.5 Å². The fourth-order valence-electron chi connectivity index (χ4n) is 2.68. The van der Waals surface area contributed by atoms with E-state index in [2.05, 4.69) is 4.98 Å². The summed E-state index contributed by atoms with van der Waals surface area (Å²) < 4.78 is 6.84. The summed E-state index contributed by atoms with van der Waals surface area (Å²) in [4.78, 5) is 40.5. The van der Waals surface area contributed by atoms with Gasteiger partial charge in [-0.15, -0.1) is 0 Å². The van der Waals surface area contributed by atoms with Crippen molar-refractivity contribution < 1.29 is 9.53 Å². The van der Waals surface area contributed by atoms with E-state index in [-0.39, 0.29) is 17.6 Å². The molecule has 1 aromatic carbocycles. The number of ether oxygens (including phenoxy) is 1. The molecule has 1 heterocycles. The van der Waals surface area contributed by atoms with Crippen LogP contribution in [-0.4, -0.2) is 28.6 Å². The molecule has 0 bridgehead atoms. The molecule has 0 saturated carbocycles. The van der Waals surface area contributed by atoms with Crippen LogP contribution in [0.3, 0.4) is 0 Å². The maximum absolute atomic E-state index is 12.8. The molecule has 0 aliphatic carbocycles. The number of aromatic amines is 1. The van der Waals surface area contributed by atoms with Crippen LogP contribution in [0.5, 0.6) is 5.75 Å². The van der Waals surface area contributed by atoms with E-state index in [1.54, 1.807) is 24.3 Å². The zero-order valence-corrected chi connectivity index (χ0v) is 16.1. The highest BCUT2D eigenvalue weighted by Gasteiger charge is 2.22. The summed E-state index contributed by atoms with van der Waals surface area (Å²) in [6, 6.07) is 6.62. The van der Waals surface area contributed by atoms with Crippen molar-refractivity contribution in [2.75, 3.05) is 17.7 Å². The van der Waals surface area contributed by atoms with Gasteiger partial charge in [0.05, 0.1) is 6.10 Å². The second-order valence-electron chi connectivity index (χ2n) is 6.55. The van der Waals surface area contributed by atoms with Crippen LogP contribution in [0.2, 0.25) is 0 Å². The minimum atomic E-state index is -0.694. The van der Waals surface area contributed by atoms with Gasteiger partial charge in [0.1, 0.15) is 11.6 Å². The largest absolute Gasteiger partial charge is 0.491 e. The van der Waals surface area contributed by atoms with Crippen LogP contribution in [-0.2, 0) is 6.54 Å². The number of hydrogen-bond donors (Lipinski definition) is 2. The van der Waals surface area contributed by atoms with Crippen LogP contribution in [0.4, 0.5) is 11.5 Å². The van der Waals surface area contributed by atoms with Crippen LogP contribution >= 0.6 is 0 Å². The number of unbranched alkanes of at least 4 members (excludes halogenated alkanes) is 1. The zero-order valence-electron chi connectivity index (χ0n) is 16.1. The van der Waals surface area contributed by atoms with Crippen LogP contribution in [0, 0.1) is 0 Å². The van der Waals surface area contributed by atoms with Gasteiger partial charge < -0.3 is 15.4 Å². The Kier molecular flexibility index (Phi) is 6.44. The van der Waals surface area contributed by atoms with E-state index in [1.165, 1.54) is 11.6 Å². The van der Waals surface area contributed by atoms with Crippen LogP contribution in [0.1, 0.15) is 44.0 Å². The highest BCUT2D eigenvalue weighted by atomic mass is 16.5. The zero-order chi connectivity index (χ0) is 20.1. The fraction of sp³-hybridized carbons (Fsp3) is 0.421. The summed E-state index contributed by atoms with van der Waals surface area (Å²) in [7, 11) is 1.45. The minimum Gasteiger partial charge on any atom is -0.491 e. The number of benzene rings is 1. The number of nitrogens with zero attached hydrogens (tertiary/aromatic N) is 2. The summed E-state index contributed by atoms with van der Waals surface area (Å²) in [6.45, 7) is 6.18. The lowest BCUT2D eigenvalue weighted by Gasteiger charge is -2.20. The van der Waals surface area contributed by atoms with E-state index < -0.39 is 17.2 Å². The molecular weight excluding hydrogens is 348 g/mol. The van der Waals surface area contributed by atoms with Crippen molar-refractivity contribution in [3.8, 4) is 5.75 Å². The number of carbonyl (C=O) groups excluding carboxylic acids is 1. The van der Waals surface area contributed by atoms with E-state index in [1.807, 2.05) is 20.8 Å². The number of anilines is 2. The lowest BCUT2D eigenvalue weighted by molar-refractivity contribution is 0.0992. The van der Waals surface area contributed by atoms with Crippen molar-refractivity contribution in [3.63, 3.8) is 0 Å².